The maximum atomic E-state index is 13.3. The summed E-state index contributed by atoms with van der Waals surface area (Å²) in [6, 6.07) is 11.2. The fraction of sp³-hybridized carbons (Fsp3) is 0.273. The molecule has 1 aliphatic rings. The van der Waals surface area contributed by atoms with Gasteiger partial charge in [-0.05, 0) is 49.6 Å². The quantitative estimate of drug-likeness (QED) is 0.503. The molecule has 0 aliphatic carbocycles. The Hall–Kier alpha value is -2.84. The van der Waals surface area contributed by atoms with Gasteiger partial charge in [0.15, 0.2) is 6.10 Å². The third-order valence-electron chi connectivity index (χ3n) is 4.89. The molecule has 2 aromatic rings. The van der Waals surface area contributed by atoms with Crippen molar-refractivity contribution in [2.45, 2.75) is 30.8 Å². The van der Waals surface area contributed by atoms with E-state index in [4.69, 9.17) is 16.3 Å². The third kappa shape index (κ3) is 4.91. The van der Waals surface area contributed by atoms with Gasteiger partial charge in [-0.15, -0.1) is 6.58 Å². The van der Waals surface area contributed by atoms with E-state index in [2.05, 4.69) is 11.9 Å². The molecule has 31 heavy (non-hydrogen) atoms. The predicted molar refractivity (Wildman–Crippen MR) is 119 cm³/mol. The molecule has 9 heteroatoms. The average molecular weight is 463 g/mol. The van der Waals surface area contributed by atoms with Gasteiger partial charge in [0.25, 0.3) is 15.9 Å². The number of halogens is 1. The van der Waals surface area contributed by atoms with Crippen LogP contribution in [-0.2, 0) is 26.0 Å². The van der Waals surface area contributed by atoms with Crippen molar-refractivity contribution in [1.82, 2.24) is 5.32 Å². The highest BCUT2D eigenvalue weighted by Gasteiger charge is 2.30. The minimum atomic E-state index is -3.93. The monoisotopic (exact) mass is 462 g/mol. The van der Waals surface area contributed by atoms with E-state index in [-0.39, 0.29) is 22.0 Å². The lowest BCUT2D eigenvalue weighted by Gasteiger charge is -2.30. The zero-order valence-electron chi connectivity index (χ0n) is 17.0. The molecule has 0 spiro atoms. The first-order valence-electron chi connectivity index (χ1n) is 9.75. The topological polar surface area (TPSA) is 92.8 Å². The number of ether oxygens (including phenoxy) is 1. The van der Waals surface area contributed by atoms with Crippen molar-refractivity contribution in [3.63, 3.8) is 0 Å². The average Bonchev–Trinajstić information content (AvgIpc) is 2.76. The molecule has 3 rings (SSSR count). The largest absolute Gasteiger partial charge is 0.449 e. The maximum Gasteiger partial charge on any atom is 0.340 e. The second kappa shape index (κ2) is 9.53. The Balaban J connectivity index is 1.88. The summed E-state index contributed by atoms with van der Waals surface area (Å²) in [7, 11) is -3.93. The molecular formula is C22H23ClN2O5S. The van der Waals surface area contributed by atoms with Crippen LogP contribution in [-0.4, -0.2) is 39.5 Å². The van der Waals surface area contributed by atoms with Gasteiger partial charge in [0.1, 0.15) is 0 Å². The highest BCUT2D eigenvalue weighted by Crippen LogP contribution is 2.33. The number of hydrogen-bond donors (Lipinski definition) is 1. The number of nitrogens with one attached hydrogen (secondary N) is 1. The highest BCUT2D eigenvalue weighted by molar-refractivity contribution is 7.92. The number of carbonyl (C=O) groups excluding carboxylic acids is 2. The predicted octanol–water partition coefficient (Wildman–Crippen LogP) is 3.33. The summed E-state index contributed by atoms with van der Waals surface area (Å²) in [5.74, 6) is -1.39. The number of nitrogens with zero attached hydrogens (tertiary/aromatic N) is 1. The lowest BCUT2D eigenvalue weighted by Crippen LogP contribution is -2.36. The molecule has 1 N–H and O–H groups in total. The Kier molecular flexibility index (Phi) is 7.02. The van der Waals surface area contributed by atoms with Crippen LogP contribution in [0.15, 0.2) is 60.0 Å². The molecule has 0 fully saturated rings. The van der Waals surface area contributed by atoms with Gasteiger partial charge in [0.05, 0.1) is 21.2 Å². The fourth-order valence-corrected chi connectivity index (χ4v) is 5.05. The molecule has 0 saturated carbocycles. The summed E-state index contributed by atoms with van der Waals surface area (Å²) < 4.78 is 33.2. The van der Waals surface area contributed by atoms with E-state index in [9.17, 15) is 18.0 Å². The van der Waals surface area contributed by atoms with Crippen molar-refractivity contribution >= 4 is 39.2 Å². The van der Waals surface area contributed by atoms with E-state index in [1.165, 1.54) is 35.5 Å². The summed E-state index contributed by atoms with van der Waals surface area (Å²) in [6.45, 7) is 5.47. The molecule has 2 aromatic carbocycles. The summed E-state index contributed by atoms with van der Waals surface area (Å²) >= 11 is 6.13. The van der Waals surface area contributed by atoms with Crippen LogP contribution in [0.5, 0.6) is 0 Å². The van der Waals surface area contributed by atoms with Crippen molar-refractivity contribution in [1.29, 1.82) is 0 Å². The molecule has 1 atom stereocenters. The molecule has 1 unspecified atom stereocenters. The molecule has 164 valence electrons. The van der Waals surface area contributed by atoms with E-state index in [1.807, 2.05) is 12.1 Å². The number of amides is 1. The van der Waals surface area contributed by atoms with Gasteiger partial charge in [-0.3, -0.25) is 9.10 Å². The Bertz CT molecular complexity index is 1120. The van der Waals surface area contributed by atoms with E-state index in [0.717, 1.165) is 12.0 Å². The van der Waals surface area contributed by atoms with Crippen LogP contribution in [0.2, 0.25) is 5.02 Å². The number of benzene rings is 2. The van der Waals surface area contributed by atoms with Gasteiger partial charge in [0.2, 0.25) is 0 Å². The SMILES string of the molecule is C=CCNC(=O)C(C)OC(=O)c1cc(S(=O)(=O)N2CCCc3ccccc32)ccc1Cl. The van der Waals surface area contributed by atoms with Crippen molar-refractivity contribution in [3.05, 3.63) is 71.3 Å². The van der Waals surface area contributed by atoms with Gasteiger partial charge in [-0.1, -0.05) is 35.9 Å². The smallest absolute Gasteiger partial charge is 0.340 e. The van der Waals surface area contributed by atoms with Crippen LogP contribution in [0.25, 0.3) is 0 Å². The molecule has 0 bridgehead atoms. The van der Waals surface area contributed by atoms with Crippen molar-refractivity contribution in [2.24, 2.45) is 0 Å². The molecule has 1 heterocycles. The number of aryl methyl sites for hydroxylation is 1. The first-order valence-corrected chi connectivity index (χ1v) is 11.6. The fourth-order valence-electron chi connectivity index (χ4n) is 3.29. The minimum absolute atomic E-state index is 0.0293. The second-order valence-corrected chi connectivity index (χ2v) is 9.30. The van der Waals surface area contributed by atoms with Gasteiger partial charge in [-0.25, -0.2) is 13.2 Å². The summed E-state index contributed by atoms with van der Waals surface area (Å²) in [5, 5.41) is 2.55. The zero-order valence-corrected chi connectivity index (χ0v) is 18.6. The number of carbonyl (C=O) groups is 2. The molecule has 1 aliphatic heterocycles. The van der Waals surface area contributed by atoms with Crippen molar-refractivity contribution in [2.75, 3.05) is 17.4 Å². The van der Waals surface area contributed by atoms with Gasteiger partial charge < -0.3 is 10.1 Å². The number of fused-ring (bicyclic) bond motifs is 1. The van der Waals surface area contributed by atoms with Gasteiger partial charge in [0, 0.05) is 13.1 Å². The lowest BCUT2D eigenvalue weighted by atomic mass is 10.0. The van der Waals surface area contributed by atoms with E-state index in [0.29, 0.717) is 18.7 Å². The normalized spacial score (nSPS) is 14.3. The van der Waals surface area contributed by atoms with Gasteiger partial charge >= 0.3 is 5.97 Å². The molecule has 0 radical (unpaired) electrons. The molecule has 1 amide bonds. The Morgan fingerprint density at radius 2 is 2.03 bits per heavy atom. The second-order valence-electron chi connectivity index (χ2n) is 7.03. The van der Waals surface area contributed by atoms with Crippen molar-refractivity contribution in [3.8, 4) is 0 Å². The Morgan fingerprint density at radius 3 is 2.77 bits per heavy atom. The maximum absolute atomic E-state index is 13.3. The zero-order chi connectivity index (χ0) is 22.6. The van der Waals surface area contributed by atoms with Crippen LogP contribution in [0.4, 0.5) is 5.69 Å². The van der Waals surface area contributed by atoms with Crippen LogP contribution < -0.4 is 9.62 Å². The number of hydrogen-bond acceptors (Lipinski definition) is 5. The standard InChI is InChI=1S/C22H23ClN2O5S/c1-3-12-24-21(26)15(2)30-22(27)18-14-17(10-11-19(18)23)31(28,29)25-13-6-8-16-7-4-5-9-20(16)25/h3-5,7,9-11,14-15H,1,6,8,12-13H2,2H3,(H,24,26). The molecule has 0 aromatic heterocycles. The number of para-hydroxylation sites is 1. The Labute approximate surface area is 186 Å². The summed E-state index contributed by atoms with van der Waals surface area (Å²) in [6.07, 6.45) is 1.90. The minimum Gasteiger partial charge on any atom is -0.449 e. The van der Waals surface area contributed by atoms with E-state index >= 15 is 0 Å². The summed E-state index contributed by atoms with van der Waals surface area (Å²) in [4.78, 5) is 24.4. The summed E-state index contributed by atoms with van der Waals surface area (Å²) in [5.41, 5.74) is 1.45. The first-order chi connectivity index (χ1) is 14.8. The van der Waals surface area contributed by atoms with Crippen LogP contribution in [0, 0.1) is 0 Å². The molecule has 7 nitrogen and oxygen atoms in total. The first kappa shape index (κ1) is 22.8. The highest BCUT2D eigenvalue weighted by atomic mass is 35.5. The van der Waals surface area contributed by atoms with Crippen LogP contribution >= 0.6 is 11.6 Å². The number of sulfonamides is 1. The van der Waals surface area contributed by atoms with Crippen LogP contribution in [0.1, 0.15) is 29.3 Å². The molecule has 0 saturated heterocycles. The van der Waals surface area contributed by atoms with E-state index < -0.39 is 28.0 Å². The lowest BCUT2D eigenvalue weighted by molar-refractivity contribution is -0.128. The van der Waals surface area contributed by atoms with E-state index in [1.54, 1.807) is 12.1 Å². The number of esters is 1. The van der Waals surface area contributed by atoms with Crippen molar-refractivity contribution < 1.29 is 22.7 Å². The molecular weight excluding hydrogens is 440 g/mol. The van der Waals surface area contributed by atoms with Crippen LogP contribution in [0.3, 0.4) is 0 Å². The Morgan fingerprint density at radius 1 is 1.29 bits per heavy atom. The number of anilines is 1. The van der Waals surface area contributed by atoms with Gasteiger partial charge in [-0.2, -0.15) is 0 Å². The number of rotatable bonds is 7. The third-order valence-corrected chi connectivity index (χ3v) is 7.03.